The highest BCUT2D eigenvalue weighted by atomic mass is 35.5. The van der Waals surface area contributed by atoms with Crippen LogP contribution >= 0.6 is 23.4 Å². The van der Waals surface area contributed by atoms with E-state index in [1.54, 1.807) is 48.5 Å². The Bertz CT molecular complexity index is 1600. The van der Waals surface area contributed by atoms with Gasteiger partial charge in [0.05, 0.1) is 24.1 Å². The van der Waals surface area contributed by atoms with Crippen LogP contribution in [0.3, 0.4) is 0 Å². The van der Waals surface area contributed by atoms with Gasteiger partial charge in [-0.25, -0.2) is 4.79 Å². The molecule has 0 aliphatic carbocycles. The van der Waals surface area contributed by atoms with Crippen molar-refractivity contribution in [2.45, 2.75) is 0 Å². The number of amides is 2. The zero-order valence-corrected chi connectivity index (χ0v) is 22.3. The number of thioether (sulfide) groups is 1. The third kappa shape index (κ3) is 5.92. The number of rotatable bonds is 8. The van der Waals surface area contributed by atoms with E-state index in [9.17, 15) is 14.4 Å². The molecule has 1 aliphatic rings. The first-order valence-electron chi connectivity index (χ1n) is 11.9. The predicted molar refractivity (Wildman–Crippen MR) is 152 cm³/mol. The number of carbonyl (C=O) groups is 3. The molecule has 0 unspecified atom stereocenters. The van der Waals surface area contributed by atoms with E-state index in [-0.39, 0.29) is 29.0 Å². The molecule has 0 N–H and O–H groups in total. The molecule has 1 fully saturated rings. The Balaban J connectivity index is 1.25. The Kier molecular flexibility index (Phi) is 7.86. The number of hydrogen-bond donors (Lipinski definition) is 0. The van der Waals surface area contributed by atoms with Crippen LogP contribution in [0.2, 0.25) is 5.02 Å². The Hall–Kier alpha value is -4.27. The van der Waals surface area contributed by atoms with Crippen molar-refractivity contribution in [1.29, 1.82) is 0 Å². The van der Waals surface area contributed by atoms with E-state index in [2.05, 4.69) is 0 Å². The fourth-order valence-electron chi connectivity index (χ4n) is 4.02. The van der Waals surface area contributed by atoms with Crippen molar-refractivity contribution in [2.75, 3.05) is 20.3 Å². The van der Waals surface area contributed by atoms with Crippen molar-refractivity contribution < 1.29 is 28.6 Å². The summed E-state index contributed by atoms with van der Waals surface area (Å²) < 4.78 is 16.8. The van der Waals surface area contributed by atoms with Gasteiger partial charge >= 0.3 is 5.97 Å². The SMILES string of the molecule is COc1cc(/C=C2\SC(=O)N(CCOc3cccc4ccccc34)C2=O)ccc1OC(=O)c1ccc(Cl)cc1. The van der Waals surface area contributed by atoms with Crippen LogP contribution in [0, 0.1) is 0 Å². The standard InChI is InChI=1S/C30H22ClNO6S/c1-36-26-17-19(9-14-25(26)38-29(34)21-10-12-22(31)13-11-21)18-27-28(33)32(30(35)39-27)15-16-37-24-8-4-6-20-5-2-3-7-23(20)24/h2-14,17-18H,15-16H2,1H3/b27-18-. The first kappa shape index (κ1) is 26.3. The molecule has 0 spiro atoms. The summed E-state index contributed by atoms with van der Waals surface area (Å²) in [5.74, 6) is 0.245. The third-order valence-electron chi connectivity index (χ3n) is 5.96. The van der Waals surface area contributed by atoms with E-state index in [1.807, 2.05) is 42.5 Å². The van der Waals surface area contributed by atoms with Crippen molar-refractivity contribution in [1.82, 2.24) is 4.90 Å². The summed E-state index contributed by atoms with van der Waals surface area (Å²) in [5.41, 5.74) is 0.944. The number of benzene rings is 4. The fourth-order valence-corrected chi connectivity index (χ4v) is 5.01. The number of esters is 1. The van der Waals surface area contributed by atoms with Crippen LogP contribution in [0.1, 0.15) is 15.9 Å². The van der Waals surface area contributed by atoms with Crippen molar-refractivity contribution in [3.8, 4) is 17.2 Å². The lowest BCUT2D eigenvalue weighted by atomic mass is 10.1. The average Bonchev–Trinajstić information content (AvgIpc) is 3.21. The summed E-state index contributed by atoms with van der Waals surface area (Å²) in [6, 6.07) is 24.8. The van der Waals surface area contributed by atoms with Crippen LogP contribution in [0.4, 0.5) is 4.79 Å². The van der Waals surface area contributed by atoms with Crippen molar-refractivity contribution in [3.63, 3.8) is 0 Å². The molecule has 1 saturated heterocycles. The second kappa shape index (κ2) is 11.6. The lowest BCUT2D eigenvalue weighted by Crippen LogP contribution is -2.32. The fraction of sp³-hybridized carbons (Fsp3) is 0.100. The van der Waals surface area contributed by atoms with Crippen LogP contribution in [0.5, 0.6) is 17.2 Å². The number of fused-ring (bicyclic) bond motifs is 1. The summed E-state index contributed by atoms with van der Waals surface area (Å²) in [5, 5.41) is 2.15. The molecule has 196 valence electrons. The second-order valence-electron chi connectivity index (χ2n) is 8.47. The molecule has 1 heterocycles. The Morgan fingerprint density at radius 3 is 2.49 bits per heavy atom. The maximum atomic E-state index is 13.0. The topological polar surface area (TPSA) is 82.1 Å². The molecule has 0 saturated carbocycles. The number of ether oxygens (including phenoxy) is 3. The first-order chi connectivity index (χ1) is 18.9. The Morgan fingerprint density at radius 1 is 0.923 bits per heavy atom. The smallest absolute Gasteiger partial charge is 0.343 e. The highest BCUT2D eigenvalue weighted by molar-refractivity contribution is 8.18. The molecule has 0 aromatic heterocycles. The summed E-state index contributed by atoms with van der Waals surface area (Å²) in [6.45, 7) is 0.287. The number of nitrogens with zero attached hydrogens (tertiary/aromatic N) is 1. The number of carbonyl (C=O) groups excluding carboxylic acids is 3. The number of methoxy groups -OCH3 is 1. The van der Waals surface area contributed by atoms with Crippen LogP contribution < -0.4 is 14.2 Å². The van der Waals surface area contributed by atoms with Crippen molar-refractivity contribution >= 4 is 57.3 Å². The van der Waals surface area contributed by atoms with Gasteiger partial charge in [0.25, 0.3) is 11.1 Å². The molecule has 0 atom stereocenters. The van der Waals surface area contributed by atoms with Crippen molar-refractivity contribution in [2.24, 2.45) is 0 Å². The lowest BCUT2D eigenvalue weighted by molar-refractivity contribution is -0.123. The molecule has 0 bridgehead atoms. The average molecular weight is 560 g/mol. The van der Waals surface area contributed by atoms with E-state index in [1.165, 1.54) is 12.0 Å². The van der Waals surface area contributed by atoms with Crippen LogP contribution in [-0.2, 0) is 4.79 Å². The van der Waals surface area contributed by atoms with Gasteiger partial charge in [0.2, 0.25) is 0 Å². The molecule has 4 aromatic rings. The first-order valence-corrected chi connectivity index (χ1v) is 13.1. The van der Waals surface area contributed by atoms with Gasteiger partial charge in [-0.15, -0.1) is 0 Å². The minimum atomic E-state index is -0.565. The molecule has 39 heavy (non-hydrogen) atoms. The molecule has 7 nitrogen and oxygen atoms in total. The van der Waals surface area contributed by atoms with Gasteiger partial charge in [-0.05, 0) is 71.3 Å². The quantitative estimate of drug-likeness (QED) is 0.133. The summed E-state index contributed by atoms with van der Waals surface area (Å²) in [7, 11) is 1.45. The molecule has 4 aromatic carbocycles. The molecular weight excluding hydrogens is 538 g/mol. The van der Waals surface area contributed by atoms with Crippen LogP contribution in [0.15, 0.2) is 89.8 Å². The largest absolute Gasteiger partial charge is 0.493 e. The molecule has 5 rings (SSSR count). The van der Waals surface area contributed by atoms with E-state index in [4.69, 9.17) is 25.8 Å². The van der Waals surface area contributed by atoms with Gasteiger partial charge in [0.15, 0.2) is 11.5 Å². The van der Waals surface area contributed by atoms with Gasteiger partial charge in [-0.1, -0.05) is 54.1 Å². The zero-order valence-electron chi connectivity index (χ0n) is 20.8. The lowest BCUT2D eigenvalue weighted by Gasteiger charge is -2.14. The third-order valence-corrected chi connectivity index (χ3v) is 7.12. The van der Waals surface area contributed by atoms with Crippen LogP contribution in [0.25, 0.3) is 16.8 Å². The van der Waals surface area contributed by atoms with Gasteiger partial charge in [-0.2, -0.15) is 0 Å². The summed E-state index contributed by atoms with van der Waals surface area (Å²) in [6.07, 6.45) is 1.60. The van der Waals surface area contributed by atoms with E-state index >= 15 is 0 Å². The van der Waals surface area contributed by atoms with Crippen molar-refractivity contribution in [3.05, 3.63) is 106 Å². The Morgan fingerprint density at radius 2 is 1.69 bits per heavy atom. The van der Waals surface area contributed by atoms with E-state index in [0.29, 0.717) is 27.6 Å². The number of halogens is 1. The highest BCUT2D eigenvalue weighted by Gasteiger charge is 2.35. The van der Waals surface area contributed by atoms with E-state index < -0.39 is 11.9 Å². The molecule has 0 radical (unpaired) electrons. The molecule has 1 aliphatic heterocycles. The van der Waals surface area contributed by atoms with Gasteiger partial charge in [0, 0.05) is 10.4 Å². The number of hydrogen-bond acceptors (Lipinski definition) is 7. The molecular formula is C30H22ClNO6S. The maximum Gasteiger partial charge on any atom is 0.343 e. The Labute approximate surface area is 233 Å². The van der Waals surface area contributed by atoms with Gasteiger partial charge in [0.1, 0.15) is 12.4 Å². The molecule has 9 heteroatoms. The predicted octanol–water partition coefficient (Wildman–Crippen LogP) is 6.84. The normalized spacial score (nSPS) is 14.2. The summed E-state index contributed by atoms with van der Waals surface area (Å²) in [4.78, 5) is 39.5. The minimum Gasteiger partial charge on any atom is -0.493 e. The molecule has 2 amide bonds. The summed E-state index contributed by atoms with van der Waals surface area (Å²) >= 11 is 6.73. The minimum absolute atomic E-state index is 0.119. The van der Waals surface area contributed by atoms with Gasteiger partial charge < -0.3 is 14.2 Å². The number of imide groups is 1. The zero-order chi connectivity index (χ0) is 27.4. The van der Waals surface area contributed by atoms with Gasteiger partial charge in [-0.3, -0.25) is 14.5 Å². The van der Waals surface area contributed by atoms with Crippen LogP contribution in [-0.4, -0.2) is 42.3 Å². The monoisotopic (exact) mass is 559 g/mol. The maximum absolute atomic E-state index is 13.0. The second-order valence-corrected chi connectivity index (χ2v) is 9.90. The highest BCUT2D eigenvalue weighted by Crippen LogP contribution is 2.35. The van der Waals surface area contributed by atoms with E-state index in [0.717, 1.165) is 22.5 Å².